The molecule has 1 unspecified atom stereocenters. The Morgan fingerprint density at radius 3 is 2.94 bits per heavy atom. The van der Waals surface area contributed by atoms with Gasteiger partial charge in [0, 0.05) is 6.20 Å². The van der Waals surface area contributed by atoms with Crippen LogP contribution in [0.5, 0.6) is 0 Å². The second kappa shape index (κ2) is 5.93. The van der Waals surface area contributed by atoms with E-state index in [2.05, 4.69) is 49.1 Å². The minimum absolute atomic E-state index is 0.210. The van der Waals surface area contributed by atoms with Crippen molar-refractivity contribution in [2.75, 3.05) is 0 Å². The Bertz CT molecular complexity index is 542. The summed E-state index contributed by atoms with van der Waals surface area (Å²) in [6, 6.07) is 4.97. The molecule has 18 heavy (non-hydrogen) atoms. The summed E-state index contributed by atoms with van der Waals surface area (Å²) in [7, 11) is 0. The SMILES string of the molecule is CCC(Br)c1cn(Cc2cccc(F)c2Br)nn1. The van der Waals surface area contributed by atoms with E-state index in [9.17, 15) is 4.39 Å². The lowest BCUT2D eigenvalue weighted by Crippen LogP contribution is -2.02. The monoisotopic (exact) mass is 375 g/mol. The number of hydrogen-bond acceptors (Lipinski definition) is 2. The molecular weight excluding hydrogens is 365 g/mol. The topological polar surface area (TPSA) is 30.7 Å². The summed E-state index contributed by atoms with van der Waals surface area (Å²) >= 11 is 6.77. The molecule has 0 saturated heterocycles. The predicted molar refractivity (Wildman–Crippen MR) is 75.2 cm³/mol. The van der Waals surface area contributed by atoms with Crippen molar-refractivity contribution >= 4 is 31.9 Å². The third-order valence-corrected chi connectivity index (χ3v) is 4.60. The molecule has 0 amide bonds. The van der Waals surface area contributed by atoms with Gasteiger partial charge >= 0.3 is 0 Å². The molecule has 3 nitrogen and oxygen atoms in total. The summed E-state index contributed by atoms with van der Waals surface area (Å²) in [6.07, 6.45) is 2.82. The Hall–Kier alpha value is -0.750. The minimum atomic E-state index is -0.264. The normalized spacial score (nSPS) is 12.7. The molecule has 0 radical (unpaired) electrons. The standard InChI is InChI=1S/C12H12Br2FN3/c1-2-9(13)11-7-18(17-16-11)6-8-4-3-5-10(15)12(8)14/h3-5,7,9H,2,6H2,1H3. The van der Waals surface area contributed by atoms with Crippen molar-refractivity contribution in [2.45, 2.75) is 24.7 Å². The summed E-state index contributed by atoms with van der Waals surface area (Å²) in [5, 5.41) is 8.14. The van der Waals surface area contributed by atoms with Crippen LogP contribution in [-0.4, -0.2) is 15.0 Å². The second-order valence-electron chi connectivity index (χ2n) is 3.93. The van der Waals surface area contributed by atoms with Crippen LogP contribution in [0, 0.1) is 5.82 Å². The van der Waals surface area contributed by atoms with E-state index in [4.69, 9.17) is 0 Å². The van der Waals surface area contributed by atoms with Crippen LogP contribution in [0.2, 0.25) is 0 Å². The fraction of sp³-hybridized carbons (Fsp3) is 0.333. The highest BCUT2D eigenvalue weighted by atomic mass is 79.9. The van der Waals surface area contributed by atoms with Crippen molar-refractivity contribution in [3.63, 3.8) is 0 Å². The van der Waals surface area contributed by atoms with E-state index in [-0.39, 0.29) is 10.6 Å². The molecule has 2 aromatic rings. The Morgan fingerprint density at radius 1 is 1.44 bits per heavy atom. The zero-order valence-electron chi connectivity index (χ0n) is 9.78. The minimum Gasteiger partial charge on any atom is -0.248 e. The van der Waals surface area contributed by atoms with Crippen LogP contribution in [-0.2, 0) is 6.54 Å². The number of halogens is 3. The van der Waals surface area contributed by atoms with E-state index >= 15 is 0 Å². The molecule has 0 saturated carbocycles. The smallest absolute Gasteiger partial charge is 0.137 e. The fourth-order valence-electron chi connectivity index (χ4n) is 1.59. The Kier molecular flexibility index (Phi) is 4.50. The van der Waals surface area contributed by atoms with Crippen molar-refractivity contribution in [3.8, 4) is 0 Å². The quantitative estimate of drug-likeness (QED) is 0.753. The van der Waals surface area contributed by atoms with Gasteiger partial charge in [-0.3, -0.25) is 0 Å². The second-order valence-corrected chi connectivity index (χ2v) is 5.83. The maximum atomic E-state index is 13.4. The summed E-state index contributed by atoms with van der Waals surface area (Å²) in [5.74, 6) is -0.264. The van der Waals surface area contributed by atoms with Gasteiger partial charge in [-0.05, 0) is 34.0 Å². The van der Waals surface area contributed by atoms with E-state index in [1.165, 1.54) is 6.07 Å². The number of aromatic nitrogens is 3. The molecule has 1 aromatic carbocycles. The number of nitrogens with zero attached hydrogens (tertiary/aromatic N) is 3. The molecule has 0 N–H and O–H groups in total. The molecule has 0 aliphatic carbocycles. The first-order valence-electron chi connectivity index (χ1n) is 5.58. The molecule has 96 valence electrons. The molecule has 1 aromatic heterocycles. The Balaban J connectivity index is 2.19. The highest BCUT2D eigenvalue weighted by molar-refractivity contribution is 9.10. The largest absolute Gasteiger partial charge is 0.248 e. The van der Waals surface area contributed by atoms with Crippen LogP contribution in [0.25, 0.3) is 0 Å². The molecule has 0 spiro atoms. The van der Waals surface area contributed by atoms with Crippen molar-refractivity contribution in [2.24, 2.45) is 0 Å². The average Bonchev–Trinajstić information content (AvgIpc) is 2.82. The van der Waals surface area contributed by atoms with E-state index in [1.807, 2.05) is 12.3 Å². The highest BCUT2D eigenvalue weighted by Gasteiger charge is 2.11. The van der Waals surface area contributed by atoms with Gasteiger partial charge in [0.25, 0.3) is 0 Å². The van der Waals surface area contributed by atoms with E-state index in [0.29, 0.717) is 11.0 Å². The Morgan fingerprint density at radius 2 is 2.22 bits per heavy atom. The molecule has 1 atom stereocenters. The van der Waals surface area contributed by atoms with E-state index in [1.54, 1.807) is 10.7 Å². The molecule has 1 heterocycles. The van der Waals surface area contributed by atoms with E-state index < -0.39 is 0 Å². The highest BCUT2D eigenvalue weighted by Crippen LogP contribution is 2.24. The zero-order valence-corrected chi connectivity index (χ0v) is 12.9. The van der Waals surface area contributed by atoms with Crippen molar-refractivity contribution < 1.29 is 4.39 Å². The molecule has 0 bridgehead atoms. The average molecular weight is 377 g/mol. The summed E-state index contributed by atoms with van der Waals surface area (Å²) in [6.45, 7) is 2.57. The van der Waals surface area contributed by atoms with Gasteiger partial charge in [-0.2, -0.15) is 0 Å². The summed E-state index contributed by atoms with van der Waals surface area (Å²) in [5.41, 5.74) is 1.74. The maximum Gasteiger partial charge on any atom is 0.137 e. The van der Waals surface area contributed by atoms with Crippen LogP contribution in [0.1, 0.15) is 29.4 Å². The molecule has 0 fully saturated rings. The lowest BCUT2D eigenvalue weighted by Gasteiger charge is -2.04. The molecule has 2 rings (SSSR count). The van der Waals surface area contributed by atoms with Gasteiger partial charge in [-0.25, -0.2) is 9.07 Å². The Labute approximate surface area is 122 Å². The van der Waals surface area contributed by atoms with Crippen LogP contribution < -0.4 is 0 Å². The molecule has 6 heteroatoms. The van der Waals surface area contributed by atoms with Crippen molar-refractivity contribution in [1.82, 2.24) is 15.0 Å². The predicted octanol–water partition coefficient (Wildman–Crippen LogP) is 4.07. The zero-order chi connectivity index (χ0) is 13.1. The maximum absolute atomic E-state index is 13.4. The van der Waals surface area contributed by atoms with Gasteiger partial charge in [0.2, 0.25) is 0 Å². The van der Waals surface area contributed by atoms with Gasteiger partial charge in [0.15, 0.2) is 0 Å². The number of alkyl halides is 1. The van der Waals surface area contributed by atoms with Gasteiger partial charge in [0.1, 0.15) is 5.82 Å². The lowest BCUT2D eigenvalue weighted by atomic mass is 10.2. The molecule has 0 aliphatic rings. The third kappa shape index (κ3) is 2.98. The van der Waals surface area contributed by atoms with Crippen LogP contribution in [0.3, 0.4) is 0 Å². The van der Waals surface area contributed by atoms with Gasteiger partial charge < -0.3 is 0 Å². The number of hydrogen-bond donors (Lipinski definition) is 0. The van der Waals surface area contributed by atoms with E-state index in [0.717, 1.165) is 17.7 Å². The van der Waals surface area contributed by atoms with Gasteiger partial charge in [-0.15, -0.1) is 5.10 Å². The summed E-state index contributed by atoms with van der Waals surface area (Å²) in [4.78, 5) is 0.210. The first-order chi connectivity index (χ1) is 8.61. The van der Waals surface area contributed by atoms with Gasteiger partial charge in [-0.1, -0.05) is 40.2 Å². The van der Waals surface area contributed by atoms with Gasteiger partial charge in [0.05, 0.1) is 21.5 Å². The summed E-state index contributed by atoms with van der Waals surface area (Å²) < 4.78 is 15.6. The number of rotatable bonds is 4. The molecule has 0 aliphatic heterocycles. The van der Waals surface area contributed by atoms with Crippen molar-refractivity contribution in [3.05, 3.63) is 45.9 Å². The molecular formula is C12H12Br2FN3. The van der Waals surface area contributed by atoms with Crippen LogP contribution in [0.4, 0.5) is 4.39 Å². The fourth-order valence-corrected chi connectivity index (χ4v) is 2.19. The van der Waals surface area contributed by atoms with Crippen molar-refractivity contribution in [1.29, 1.82) is 0 Å². The van der Waals surface area contributed by atoms with Crippen LogP contribution >= 0.6 is 31.9 Å². The van der Waals surface area contributed by atoms with Crippen LogP contribution in [0.15, 0.2) is 28.9 Å². The first kappa shape index (κ1) is 13.7. The lowest BCUT2D eigenvalue weighted by molar-refractivity contribution is 0.606. The third-order valence-electron chi connectivity index (χ3n) is 2.60. The first-order valence-corrected chi connectivity index (χ1v) is 7.29. The number of benzene rings is 1.